The number of thioether (sulfide) groups is 1. The van der Waals surface area contributed by atoms with Crippen LogP contribution in [0.3, 0.4) is 0 Å². The number of nitrogens with zero attached hydrogens (tertiary/aromatic N) is 2. The molecular formula is C25H22FN3O3S. The Labute approximate surface area is 194 Å². The summed E-state index contributed by atoms with van der Waals surface area (Å²) in [4.78, 5) is 31.2. The summed E-state index contributed by atoms with van der Waals surface area (Å²) in [6, 6.07) is 22.0. The predicted molar refractivity (Wildman–Crippen MR) is 128 cm³/mol. The number of methoxy groups -OCH3 is 1. The molecule has 8 heteroatoms. The van der Waals surface area contributed by atoms with Gasteiger partial charge in [0.1, 0.15) is 11.1 Å². The number of halogens is 1. The van der Waals surface area contributed by atoms with Crippen LogP contribution in [0.4, 0.5) is 10.1 Å². The van der Waals surface area contributed by atoms with Crippen LogP contribution in [0.5, 0.6) is 0 Å². The summed E-state index contributed by atoms with van der Waals surface area (Å²) in [6.07, 6.45) is 0. The Hall–Kier alpha value is -3.49. The van der Waals surface area contributed by atoms with Crippen molar-refractivity contribution in [1.29, 1.82) is 0 Å². The van der Waals surface area contributed by atoms with Gasteiger partial charge in [0.2, 0.25) is 5.91 Å². The first-order chi connectivity index (χ1) is 16.1. The molecule has 1 atom stereocenters. The first kappa shape index (κ1) is 22.7. The molecule has 0 aliphatic rings. The average molecular weight is 464 g/mol. The van der Waals surface area contributed by atoms with Gasteiger partial charge in [0.05, 0.1) is 24.1 Å². The van der Waals surface area contributed by atoms with Crippen molar-refractivity contribution in [3.63, 3.8) is 0 Å². The van der Waals surface area contributed by atoms with Gasteiger partial charge in [0.25, 0.3) is 5.56 Å². The van der Waals surface area contributed by atoms with E-state index < -0.39 is 5.25 Å². The van der Waals surface area contributed by atoms with Gasteiger partial charge in [-0.15, -0.1) is 0 Å². The summed E-state index contributed by atoms with van der Waals surface area (Å²) in [7, 11) is 1.56. The minimum absolute atomic E-state index is 0.189. The Morgan fingerprint density at radius 1 is 1.06 bits per heavy atom. The summed E-state index contributed by atoms with van der Waals surface area (Å²) in [5.74, 6) is -0.692. The highest BCUT2D eigenvalue weighted by Gasteiger charge is 2.25. The first-order valence-corrected chi connectivity index (χ1v) is 11.2. The van der Waals surface area contributed by atoms with Gasteiger partial charge >= 0.3 is 0 Å². The molecule has 0 saturated carbocycles. The Morgan fingerprint density at radius 2 is 1.76 bits per heavy atom. The van der Waals surface area contributed by atoms with Crippen LogP contribution in [-0.4, -0.2) is 29.2 Å². The molecule has 4 aromatic rings. The highest BCUT2D eigenvalue weighted by atomic mass is 32.2. The van der Waals surface area contributed by atoms with Gasteiger partial charge in [-0.3, -0.25) is 14.2 Å². The molecule has 0 bridgehead atoms. The van der Waals surface area contributed by atoms with Crippen LogP contribution in [-0.2, 0) is 16.1 Å². The molecule has 0 fully saturated rings. The lowest BCUT2D eigenvalue weighted by molar-refractivity contribution is -0.115. The Balaban J connectivity index is 1.74. The number of anilines is 1. The molecule has 33 heavy (non-hydrogen) atoms. The number of carbonyl (C=O) groups excluding carboxylic acids is 1. The van der Waals surface area contributed by atoms with Gasteiger partial charge in [-0.05, 0) is 42.0 Å². The number of para-hydroxylation sites is 1. The highest BCUT2D eigenvalue weighted by molar-refractivity contribution is 8.00. The number of hydrogen-bond donors (Lipinski definition) is 1. The monoisotopic (exact) mass is 463 g/mol. The van der Waals surface area contributed by atoms with Crippen LogP contribution in [0.2, 0.25) is 0 Å². The minimum Gasteiger partial charge on any atom is -0.383 e. The molecule has 6 nitrogen and oxygen atoms in total. The first-order valence-electron chi connectivity index (χ1n) is 10.3. The second-order valence-corrected chi connectivity index (χ2v) is 8.34. The van der Waals surface area contributed by atoms with Gasteiger partial charge in [0, 0.05) is 12.8 Å². The van der Waals surface area contributed by atoms with Crippen LogP contribution in [0.1, 0.15) is 10.8 Å². The van der Waals surface area contributed by atoms with Crippen LogP contribution >= 0.6 is 11.8 Å². The Bertz CT molecular complexity index is 1310. The Kier molecular flexibility index (Phi) is 7.16. The second-order valence-electron chi connectivity index (χ2n) is 7.27. The Morgan fingerprint density at radius 3 is 2.48 bits per heavy atom. The van der Waals surface area contributed by atoms with E-state index in [1.807, 2.05) is 36.4 Å². The van der Waals surface area contributed by atoms with Gasteiger partial charge in [-0.1, -0.05) is 54.2 Å². The predicted octanol–water partition coefficient (Wildman–Crippen LogP) is 4.65. The molecule has 1 aromatic heterocycles. The highest BCUT2D eigenvalue weighted by Crippen LogP contribution is 2.35. The number of ether oxygens (including phenoxy) is 1. The normalized spacial score (nSPS) is 11.9. The van der Waals surface area contributed by atoms with Crippen molar-refractivity contribution in [1.82, 2.24) is 9.55 Å². The number of amides is 1. The van der Waals surface area contributed by atoms with Gasteiger partial charge in [-0.25, -0.2) is 9.37 Å². The topological polar surface area (TPSA) is 73.2 Å². The maximum absolute atomic E-state index is 13.3. The lowest BCUT2D eigenvalue weighted by atomic mass is 10.1. The maximum Gasteiger partial charge on any atom is 0.262 e. The maximum atomic E-state index is 13.3. The number of hydrogen-bond acceptors (Lipinski definition) is 5. The van der Waals surface area contributed by atoms with E-state index in [2.05, 4.69) is 5.32 Å². The lowest BCUT2D eigenvalue weighted by Crippen LogP contribution is -2.26. The van der Waals surface area contributed by atoms with Crippen molar-refractivity contribution in [3.8, 4) is 0 Å². The molecule has 0 radical (unpaired) electrons. The fraction of sp³-hybridized carbons (Fsp3) is 0.160. The molecule has 1 N–H and O–H groups in total. The summed E-state index contributed by atoms with van der Waals surface area (Å²) in [6.45, 7) is 0.627. The molecular weight excluding hydrogens is 441 g/mol. The van der Waals surface area contributed by atoms with Crippen molar-refractivity contribution in [3.05, 3.63) is 101 Å². The lowest BCUT2D eigenvalue weighted by Gasteiger charge is -2.19. The summed E-state index contributed by atoms with van der Waals surface area (Å²) >= 11 is 1.19. The third-order valence-electron chi connectivity index (χ3n) is 5.02. The summed E-state index contributed by atoms with van der Waals surface area (Å²) in [5, 5.41) is 3.06. The molecule has 4 rings (SSSR count). The van der Waals surface area contributed by atoms with E-state index in [1.54, 1.807) is 25.3 Å². The SMILES string of the molecule is COCCn1c(S[C@H](C(=O)Nc2ccc(F)cc2)c2ccccc2)nc2ccccc2c1=O. The van der Waals surface area contributed by atoms with Gasteiger partial charge < -0.3 is 10.1 Å². The van der Waals surface area contributed by atoms with Crippen molar-refractivity contribution >= 4 is 34.3 Å². The zero-order chi connectivity index (χ0) is 23.2. The smallest absolute Gasteiger partial charge is 0.262 e. The van der Waals surface area contributed by atoms with Crippen LogP contribution in [0.15, 0.2) is 88.8 Å². The van der Waals surface area contributed by atoms with Crippen molar-refractivity contribution in [2.45, 2.75) is 17.0 Å². The third kappa shape index (κ3) is 5.30. The molecule has 0 spiro atoms. The van der Waals surface area contributed by atoms with E-state index in [0.717, 1.165) is 5.56 Å². The van der Waals surface area contributed by atoms with Crippen LogP contribution < -0.4 is 10.9 Å². The summed E-state index contributed by atoms with van der Waals surface area (Å²) < 4.78 is 20.0. The summed E-state index contributed by atoms with van der Waals surface area (Å²) in [5.41, 5.74) is 1.60. The number of aromatic nitrogens is 2. The van der Waals surface area contributed by atoms with E-state index in [1.165, 1.54) is 40.6 Å². The standard InChI is InChI=1S/C25H22FN3O3S/c1-32-16-15-29-24(31)20-9-5-6-10-21(20)28-25(29)33-22(17-7-3-2-4-8-17)23(30)27-19-13-11-18(26)12-14-19/h2-14,22H,15-16H2,1H3,(H,27,30)/t22-/m0/s1. The van der Waals surface area contributed by atoms with E-state index in [0.29, 0.717) is 34.9 Å². The number of rotatable bonds is 8. The van der Waals surface area contributed by atoms with E-state index in [-0.39, 0.29) is 17.3 Å². The van der Waals surface area contributed by atoms with Gasteiger partial charge in [-0.2, -0.15) is 0 Å². The molecule has 1 heterocycles. The minimum atomic E-state index is -0.696. The molecule has 0 aliphatic heterocycles. The zero-order valence-electron chi connectivity index (χ0n) is 17.9. The number of carbonyl (C=O) groups is 1. The van der Waals surface area contributed by atoms with Crippen LogP contribution in [0, 0.1) is 5.82 Å². The zero-order valence-corrected chi connectivity index (χ0v) is 18.7. The fourth-order valence-electron chi connectivity index (χ4n) is 3.36. The quantitative estimate of drug-likeness (QED) is 0.304. The van der Waals surface area contributed by atoms with Gasteiger partial charge in [0.15, 0.2) is 5.16 Å². The third-order valence-corrected chi connectivity index (χ3v) is 6.27. The van der Waals surface area contributed by atoms with Crippen LogP contribution in [0.25, 0.3) is 10.9 Å². The molecule has 1 amide bonds. The number of fused-ring (bicyclic) bond motifs is 1. The second kappa shape index (κ2) is 10.4. The molecule has 168 valence electrons. The number of nitrogens with one attached hydrogen (secondary N) is 1. The largest absolute Gasteiger partial charge is 0.383 e. The molecule has 0 unspecified atom stereocenters. The molecule has 0 saturated heterocycles. The van der Waals surface area contributed by atoms with Crippen molar-refractivity contribution in [2.24, 2.45) is 0 Å². The van der Waals surface area contributed by atoms with Crippen molar-refractivity contribution in [2.75, 3.05) is 19.0 Å². The van der Waals surface area contributed by atoms with Crippen molar-refractivity contribution < 1.29 is 13.9 Å². The number of benzene rings is 3. The molecule has 0 aliphatic carbocycles. The fourth-order valence-corrected chi connectivity index (χ4v) is 4.49. The van der Waals surface area contributed by atoms with E-state index >= 15 is 0 Å². The molecule has 3 aromatic carbocycles. The van der Waals surface area contributed by atoms with E-state index in [9.17, 15) is 14.0 Å². The van der Waals surface area contributed by atoms with E-state index in [4.69, 9.17) is 9.72 Å². The average Bonchev–Trinajstić information content (AvgIpc) is 2.84.